The third-order valence-electron chi connectivity index (χ3n) is 8.03. The molecule has 2 aromatic carbocycles. The van der Waals surface area contributed by atoms with Gasteiger partial charge in [0.1, 0.15) is 5.75 Å². The summed E-state index contributed by atoms with van der Waals surface area (Å²) in [5.41, 5.74) is 7.87. The van der Waals surface area contributed by atoms with Gasteiger partial charge in [0.05, 0.1) is 27.7 Å². The number of hydrogen-bond donors (Lipinski definition) is 0. The molecule has 0 bridgehead atoms. The van der Waals surface area contributed by atoms with Gasteiger partial charge in [-0.25, -0.2) is 0 Å². The molecule has 0 spiro atoms. The monoisotopic (exact) mass is 459 g/mol. The number of fused-ring (bicyclic) bond motifs is 3. The summed E-state index contributed by atoms with van der Waals surface area (Å²) in [5.74, 6) is 1.54. The summed E-state index contributed by atoms with van der Waals surface area (Å²) in [7, 11) is -2.32. The molecule has 0 atom stereocenters. The minimum Gasteiger partial charge on any atom is -0.538 e. The molecule has 0 saturated heterocycles. The number of para-hydroxylation sites is 1. The van der Waals surface area contributed by atoms with Gasteiger partial charge in [0.2, 0.25) is 5.52 Å². The zero-order chi connectivity index (χ0) is 24.0. The number of hydrogen-bond acceptors (Lipinski definition) is 1. The predicted molar refractivity (Wildman–Crippen MR) is 143 cm³/mol. The van der Waals surface area contributed by atoms with Gasteiger partial charge >= 0.3 is 0 Å². The Bertz CT molecular complexity index is 1420. The number of benzene rings is 2. The predicted octanol–water partition coefficient (Wildman–Crippen LogP) is 7.22. The molecule has 0 saturated carbocycles. The fourth-order valence-corrected chi connectivity index (χ4v) is 11.6. The van der Waals surface area contributed by atoms with E-state index in [9.17, 15) is 0 Å². The Kier molecular flexibility index (Phi) is 4.99. The van der Waals surface area contributed by atoms with Crippen LogP contribution in [0.2, 0.25) is 11.1 Å². The van der Waals surface area contributed by atoms with Crippen LogP contribution in [0.1, 0.15) is 84.2 Å². The fraction of sp³-hybridized carbons (Fsp3) is 0.483. The summed E-state index contributed by atoms with van der Waals surface area (Å²) < 4.78 is 12.4. The van der Waals surface area contributed by atoms with Crippen LogP contribution in [0.15, 0.2) is 30.3 Å². The maximum absolute atomic E-state index is 7.27. The van der Waals surface area contributed by atoms with Gasteiger partial charge in [-0.2, -0.15) is 0 Å². The maximum Gasteiger partial charge on any atom is 0.296 e. The highest BCUT2D eigenvalue weighted by atomic mass is 28.4. The minimum absolute atomic E-state index is 0.351. The molecule has 3 heterocycles. The molecular weight excluding hydrogens is 420 g/mol. The first kappa shape index (κ1) is 22.5. The molecule has 4 heteroatoms. The van der Waals surface area contributed by atoms with Crippen LogP contribution in [-0.4, -0.2) is 13.0 Å². The van der Waals surface area contributed by atoms with Crippen molar-refractivity contribution in [1.29, 1.82) is 0 Å². The first-order valence-electron chi connectivity index (χ1n) is 12.7. The molecule has 174 valence electrons. The molecule has 0 fully saturated rings. The largest absolute Gasteiger partial charge is 0.538 e. The number of aryl methyl sites for hydroxylation is 1. The first-order valence-corrected chi connectivity index (χ1v) is 14.7. The van der Waals surface area contributed by atoms with Crippen molar-refractivity contribution >= 4 is 40.7 Å². The van der Waals surface area contributed by atoms with Crippen molar-refractivity contribution in [1.82, 2.24) is 4.68 Å². The van der Waals surface area contributed by atoms with Crippen molar-refractivity contribution in [2.45, 2.75) is 92.3 Å². The molecule has 3 nitrogen and oxygen atoms in total. The van der Waals surface area contributed by atoms with E-state index in [0.29, 0.717) is 23.0 Å². The minimum atomic E-state index is -2.32. The lowest BCUT2D eigenvalue weighted by molar-refractivity contribution is -0.586. The van der Waals surface area contributed by atoms with Crippen LogP contribution in [0.3, 0.4) is 0 Å². The van der Waals surface area contributed by atoms with E-state index >= 15 is 0 Å². The zero-order valence-electron chi connectivity index (χ0n) is 22.0. The molecule has 0 radical (unpaired) electrons. The molecule has 33 heavy (non-hydrogen) atoms. The molecule has 0 amide bonds. The highest BCUT2D eigenvalue weighted by molar-refractivity contribution is 6.91. The van der Waals surface area contributed by atoms with E-state index in [-0.39, 0.29) is 0 Å². The first-order chi connectivity index (χ1) is 15.5. The number of pyridine rings is 1. The zero-order valence-corrected chi connectivity index (χ0v) is 23.0. The van der Waals surface area contributed by atoms with E-state index in [1.54, 1.807) is 0 Å². The average Bonchev–Trinajstić information content (AvgIpc) is 3.06. The maximum atomic E-state index is 7.27. The van der Waals surface area contributed by atoms with E-state index in [1.165, 1.54) is 49.2 Å². The van der Waals surface area contributed by atoms with Gasteiger partial charge in [-0.05, 0) is 62.4 Å². The summed E-state index contributed by atoms with van der Waals surface area (Å²) in [4.78, 5) is 0. The standard InChI is InChI=1S/C29H39N2OSi/c1-16(2)22-12-11-13-23-25-20(9)14-15-24-26(25)28-29(33(32-24,18(5)6)19(7)8)21(10)30(17(3)4)31(28)27(22)23/h11-19H,1-10H3/q+1. The lowest BCUT2D eigenvalue weighted by atomic mass is 9.94. The van der Waals surface area contributed by atoms with Crippen LogP contribution in [0.5, 0.6) is 5.75 Å². The van der Waals surface area contributed by atoms with Crippen molar-refractivity contribution < 1.29 is 8.94 Å². The van der Waals surface area contributed by atoms with E-state index in [0.717, 1.165) is 5.75 Å². The van der Waals surface area contributed by atoms with Crippen molar-refractivity contribution in [3.8, 4) is 5.75 Å². The van der Waals surface area contributed by atoms with Crippen molar-refractivity contribution in [3.63, 3.8) is 0 Å². The van der Waals surface area contributed by atoms with Gasteiger partial charge in [0, 0.05) is 10.9 Å². The summed E-state index contributed by atoms with van der Waals surface area (Å²) in [6.07, 6.45) is 0. The van der Waals surface area contributed by atoms with Gasteiger partial charge in [0.25, 0.3) is 13.8 Å². The Morgan fingerprint density at radius 1 is 0.818 bits per heavy atom. The molecule has 1 aliphatic rings. The molecule has 1 aliphatic heterocycles. The third-order valence-corrected chi connectivity index (χ3v) is 13.4. The molecule has 0 aliphatic carbocycles. The molecule has 4 aromatic rings. The van der Waals surface area contributed by atoms with Crippen LogP contribution >= 0.6 is 0 Å². The van der Waals surface area contributed by atoms with E-state index in [2.05, 4.69) is 109 Å². The number of rotatable bonds is 4. The SMILES string of the molecule is Cc1ccc2c3c1c1cccc(C(C)C)c1[n+]1c3c(c(C)n1C(C)C)[Si](C(C)C)(C(C)C)O2. The van der Waals surface area contributed by atoms with Gasteiger partial charge in [0.15, 0.2) is 0 Å². The Hall–Kier alpha value is -2.33. The lowest BCUT2D eigenvalue weighted by Gasteiger charge is -2.40. The summed E-state index contributed by atoms with van der Waals surface area (Å²) in [6, 6.07) is 11.7. The lowest BCUT2D eigenvalue weighted by Crippen LogP contribution is -2.61. The summed E-state index contributed by atoms with van der Waals surface area (Å²) >= 11 is 0. The highest BCUT2D eigenvalue weighted by Gasteiger charge is 2.55. The van der Waals surface area contributed by atoms with Crippen LogP contribution in [0, 0.1) is 13.8 Å². The molecule has 0 N–H and O–H groups in total. The number of aromatic nitrogens is 2. The fourth-order valence-electron chi connectivity index (χ4n) is 6.72. The van der Waals surface area contributed by atoms with Crippen LogP contribution < -0.4 is 14.1 Å². The second kappa shape index (κ2) is 7.33. The molecule has 0 unspecified atom stereocenters. The van der Waals surface area contributed by atoms with Crippen molar-refractivity contribution in [3.05, 3.63) is 47.2 Å². The van der Waals surface area contributed by atoms with E-state index < -0.39 is 8.32 Å². The second-order valence-corrected chi connectivity index (χ2v) is 15.9. The Balaban J connectivity index is 2.22. The van der Waals surface area contributed by atoms with Gasteiger partial charge in [-0.1, -0.05) is 64.3 Å². The van der Waals surface area contributed by atoms with Gasteiger partial charge < -0.3 is 4.43 Å². The Morgan fingerprint density at radius 3 is 2.06 bits per heavy atom. The highest BCUT2D eigenvalue weighted by Crippen LogP contribution is 2.46. The van der Waals surface area contributed by atoms with Crippen molar-refractivity contribution in [2.75, 3.05) is 0 Å². The van der Waals surface area contributed by atoms with Crippen LogP contribution in [0.4, 0.5) is 0 Å². The van der Waals surface area contributed by atoms with Gasteiger partial charge in [-0.15, -0.1) is 4.68 Å². The quantitative estimate of drug-likeness (QED) is 0.179. The summed E-state index contributed by atoms with van der Waals surface area (Å²) in [6.45, 7) is 23.4. The molecule has 2 aromatic heterocycles. The average molecular weight is 460 g/mol. The molecule has 5 rings (SSSR count). The molecular formula is C29H39N2OSi+. The van der Waals surface area contributed by atoms with E-state index in [4.69, 9.17) is 4.43 Å². The smallest absolute Gasteiger partial charge is 0.296 e. The van der Waals surface area contributed by atoms with E-state index in [1.807, 2.05) is 0 Å². The van der Waals surface area contributed by atoms with Crippen molar-refractivity contribution in [2.24, 2.45) is 0 Å². The third kappa shape index (κ3) is 2.70. The van der Waals surface area contributed by atoms with Crippen LogP contribution in [-0.2, 0) is 0 Å². The van der Waals surface area contributed by atoms with Gasteiger partial charge in [-0.3, -0.25) is 0 Å². The Labute approximate surface area is 199 Å². The van der Waals surface area contributed by atoms with Crippen LogP contribution in [0.25, 0.3) is 27.2 Å². The second-order valence-electron chi connectivity index (χ2n) is 11.3. The normalized spacial score (nSPS) is 15.3. The summed E-state index contributed by atoms with van der Waals surface area (Å²) in [5, 5.41) is 5.53. The number of nitrogens with zero attached hydrogens (tertiary/aromatic N) is 2. The topological polar surface area (TPSA) is 18.3 Å². The Morgan fingerprint density at radius 2 is 1.48 bits per heavy atom.